The van der Waals surface area contributed by atoms with Gasteiger partial charge in [-0.1, -0.05) is 12.1 Å². The summed E-state index contributed by atoms with van der Waals surface area (Å²) in [5.74, 6) is -1.79. The summed E-state index contributed by atoms with van der Waals surface area (Å²) in [6, 6.07) is 11.3. The molecule has 0 radical (unpaired) electrons. The molecule has 120 valence electrons. The number of carbonyl (C=O) groups excluding carboxylic acids is 1. The first-order valence-electron chi connectivity index (χ1n) is 6.52. The van der Waals surface area contributed by atoms with Crippen LogP contribution in [-0.4, -0.2) is 32.4 Å². The smallest absolute Gasteiger partial charge is 0.336 e. The third-order valence-corrected chi connectivity index (χ3v) is 4.52. The largest absolute Gasteiger partial charge is 0.478 e. The highest BCUT2D eigenvalue weighted by atomic mass is 32.2. The Labute approximate surface area is 133 Å². The predicted molar refractivity (Wildman–Crippen MR) is 84.0 cm³/mol. The van der Waals surface area contributed by atoms with Crippen LogP contribution in [0.4, 0.5) is 5.69 Å². The van der Waals surface area contributed by atoms with Crippen molar-refractivity contribution in [1.29, 1.82) is 0 Å². The fourth-order valence-electron chi connectivity index (χ4n) is 1.90. The van der Waals surface area contributed by atoms with Crippen molar-refractivity contribution >= 4 is 27.6 Å². The molecule has 2 rings (SSSR count). The zero-order valence-electron chi connectivity index (χ0n) is 12.1. The van der Waals surface area contributed by atoms with Crippen LogP contribution in [0.1, 0.15) is 20.7 Å². The summed E-state index contributed by atoms with van der Waals surface area (Å²) >= 11 is 0. The summed E-state index contributed by atoms with van der Waals surface area (Å²) in [6.07, 6.45) is 0. The Morgan fingerprint density at radius 3 is 2.04 bits per heavy atom. The first-order chi connectivity index (χ1) is 10.8. The van der Waals surface area contributed by atoms with Gasteiger partial charge in [-0.15, -0.1) is 0 Å². The topological polar surface area (TPSA) is 113 Å². The van der Waals surface area contributed by atoms with Crippen molar-refractivity contribution in [3.05, 3.63) is 59.7 Å². The Balaban J connectivity index is 2.23. The maximum absolute atomic E-state index is 12.2. The van der Waals surface area contributed by atoms with Gasteiger partial charge in [0, 0.05) is 5.69 Å². The zero-order chi connectivity index (χ0) is 17.0. The van der Waals surface area contributed by atoms with Crippen molar-refractivity contribution in [2.24, 2.45) is 0 Å². The number of hydrogen-bond donors (Lipinski definition) is 3. The molecule has 0 unspecified atom stereocenters. The Bertz CT molecular complexity index is 844. The van der Waals surface area contributed by atoms with Gasteiger partial charge in [0.2, 0.25) is 10.0 Å². The van der Waals surface area contributed by atoms with E-state index in [-0.39, 0.29) is 16.0 Å². The van der Waals surface area contributed by atoms with Gasteiger partial charge in [0.1, 0.15) is 0 Å². The average molecular weight is 334 g/mol. The van der Waals surface area contributed by atoms with Gasteiger partial charge in [-0.3, -0.25) is 4.79 Å². The Morgan fingerprint density at radius 2 is 1.52 bits per heavy atom. The normalized spacial score (nSPS) is 11.0. The minimum absolute atomic E-state index is 0.0203. The fourth-order valence-corrected chi connectivity index (χ4v) is 2.63. The Hall–Kier alpha value is -2.71. The van der Waals surface area contributed by atoms with Crippen molar-refractivity contribution in [3.63, 3.8) is 0 Å². The van der Waals surface area contributed by atoms with Gasteiger partial charge in [0.05, 0.1) is 16.0 Å². The number of carbonyl (C=O) groups is 2. The van der Waals surface area contributed by atoms with Crippen molar-refractivity contribution in [1.82, 2.24) is 4.72 Å². The molecule has 2 aromatic carbocycles. The van der Waals surface area contributed by atoms with E-state index in [1.54, 1.807) is 6.07 Å². The van der Waals surface area contributed by atoms with E-state index < -0.39 is 21.9 Å². The van der Waals surface area contributed by atoms with Gasteiger partial charge in [0.15, 0.2) is 0 Å². The van der Waals surface area contributed by atoms with Crippen LogP contribution in [0.15, 0.2) is 53.4 Å². The van der Waals surface area contributed by atoms with Gasteiger partial charge >= 0.3 is 5.97 Å². The molecule has 7 nitrogen and oxygen atoms in total. The molecule has 8 heteroatoms. The molecule has 0 saturated carbocycles. The quantitative estimate of drug-likeness (QED) is 0.768. The number of hydrogen-bond acceptors (Lipinski definition) is 4. The predicted octanol–water partition coefficient (Wildman–Crippen LogP) is 1.55. The molecule has 3 N–H and O–H groups in total. The van der Waals surface area contributed by atoms with Gasteiger partial charge in [-0.2, -0.15) is 0 Å². The van der Waals surface area contributed by atoms with Gasteiger partial charge in [-0.05, 0) is 43.4 Å². The van der Waals surface area contributed by atoms with Crippen molar-refractivity contribution in [2.45, 2.75) is 4.90 Å². The summed E-state index contributed by atoms with van der Waals surface area (Å²) in [7, 11) is -2.25. The first kappa shape index (κ1) is 16.7. The second kappa shape index (κ2) is 6.59. The molecule has 0 aliphatic heterocycles. The van der Waals surface area contributed by atoms with Crippen LogP contribution in [0, 0.1) is 0 Å². The SMILES string of the molecule is CNS(=O)(=O)c1ccc(NC(=O)c2ccccc2C(=O)O)cc1. The molecule has 2 aromatic rings. The third-order valence-electron chi connectivity index (χ3n) is 3.09. The van der Waals surface area contributed by atoms with E-state index in [4.69, 9.17) is 5.11 Å². The van der Waals surface area contributed by atoms with Crippen LogP contribution in [0.2, 0.25) is 0 Å². The van der Waals surface area contributed by atoms with Crippen molar-refractivity contribution in [2.75, 3.05) is 12.4 Å². The monoisotopic (exact) mass is 334 g/mol. The summed E-state index contributed by atoms with van der Waals surface area (Å²) < 4.78 is 25.4. The second-order valence-electron chi connectivity index (χ2n) is 4.54. The molecule has 23 heavy (non-hydrogen) atoms. The summed E-state index contributed by atoms with van der Waals surface area (Å²) in [6.45, 7) is 0. The van der Waals surface area contributed by atoms with Crippen molar-refractivity contribution in [3.8, 4) is 0 Å². The lowest BCUT2D eigenvalue weighted by Crippen LogP contribution is -2.19. The lowest BCUT2D eigenvalue weighted by molar-refractivity contribution is 0.0692. The van der Waals surface area contributed by atoms with Crippen LogP contribution in [0.25, 0.3) is 0 Å². The molecule has 0 heterocycles. The molecule has 0 aliphatic rings. The summed E-state index contributed by atoms with van der Waals surface area (Å²) in [5, 5.41) is 11.6. The van der Waals surface area contributed by atoms with E-state index in [0.717, 1.165) is 0 Å². The lowest BCUT2D eigenvalue weighted by atomic mass is 10.1. The van der Waals surface area contributed by atoms with E-state index in [9.17, 15) is 18.0 Å². The molecule has 1 amide bonds. The van der Waals surface area contributed by atoms with E-state index in [1.807, 2.05) is 0 Å². The maximum Gasteiger partial charge on any atom is 0.336 e. The number of sulfonamides is 1. The number of amides is 1. The standard InChI is InChI=1S/C15H14N2O5S/c1-16-23(21,22)11-8-6-10(7-9-11)17-14(18)12-4-2-3-5-13(12)15(19)20/h2-9,16H,1H3,(H,17,18)(H,19,20). The molecule has 0 aliphatic carbocycles. The Morgan fingerprint density at radius 1 is 0.957 bits per heavy atom. The third kappa shape index (κ3) is 3.74. The lowest BCUT2D eigenvalue weighted by Gasteiger charge is -2.08. The molecular weight excluding hydrogens is 320 g/mol. The average Bonchev–Trinajstić information content (AvgIpc) is 2.55. The van der Waals surface area contributed by atoms with Crippen molar-refractivity contribution < 1.29 is 23.1 Å². The summed E-state index contributed by atoms with van der Waals surface area (Å²) in [5.41, 5.74) is 0.261. The molecule has 0 saturated heterocycles. The number of anilines is 1. The van der Waals surface area contributed by atoms with Gasteiger partial charge in [0.25, 0.3) is 5.91 Å². The van der Waals surface area contributed by atoms with Crippen LogP contribution in [0.5, 0.6) is 0 Å². The molecule has 0 bridgehead atoms. The van der Waals surface area contributed by atoms with Crippen LogP contribution < -0.4 is 10.0 Å². The van der Waals surface area contributed by atoms with Gasteiger partial charge < -0.3 is 10.4 Å². The fraction of sp³-hybridized carbons (Fsp3) is 0.0667. The Kier molecular flexibility index (Phi) is 4.77. The number of rotatable bonds is 5. The van der Waals surface area contributed by atoms with E-state index in [0.29, 0.717) is 5.69 Å². The van der Waals surface area contributed by atoms with E-state index >= 15 is 0 Å². The highest BCUT2D eigenvalue weighted by molar-refractivity contribution is 7.89. The van der Waals surface area contributed by atoms with Gasteiger partial charge in [-0.25, -0.2) is 17.9 Å². The van der Waals surface area contributed by atoms with Crippen LogP contribution >= 0.6 is 0 Å². The molecule has 0 atom stereocenters. The number of nitrogens with one attached hydrogen (secondary N) is 2. The molecule has 0 fully saturated rings. The van der Waals surface area contributed by atoms with E-state index in [1.165, 1.54) is 49.5 Å². The van der Waals surface area contributed by atoms with Crippen LogP contribution in [-0.2, 0) is 10.0 Å². The molecule has 0 aromatic heterocycles. The second-order valence-corrected chi connectivity index (χ2v) is 6.42. The highest BCUT2D eigenvalue weighted by Crippen LogP contribution is 2.16. The highest BCUT2D eigenvalue weighted by Gasteiger charge is 2.16. The first-order valence-corrected chi connectivity index (χ1v) is 8.01. The molecule has 0 spiro atoms. The number of carboxylic acid groups (broad SMARTS) is 1. The van der Waals surface area contributed by atoms with E-state index in [2.05, 4.69) is 10.0 Å². The number of aromatic carboxylic acids is 1. The van der Waals surface area contributed by atoms with Crippen LogP contribution in [0.3, 0.4) is 0 Å². The zero-order valence-corrected chi connectivity index (χ0v) is 12.9. The maximum atomic E-state index is 12.2. The number of carboxylic acids is 1. The molecular formula is C15H14N2O5S. The minimum Gasteiger partial charge on any atom is -0.478 e. The summed E-state index contributed by atoms with van der Waals surface area (Å²) in [4.78, 5) is 23.3. The number of benzene rings is 2. The minimum atomic E-state index is -3.55.